The number of nitrogens with one attached hydrogen (secondary N) is 3. The topological polar surface area (TPSA) is 123 Å². The maximum absolute atomic E-state index is 11.9. The largest absolute Gasteiger partial charge is 0.450 e. The van der Waals surface area contributed by atoms with Crippen molar-refractivity contribution in [2.75, 3.05) is 19.0 Å². The van der Waals surface area contributed by atoms with Crippen molar-refractivity contribution < 1.29 is 28.7 Å². The Kier molecular flexibility index (Phi) is 7.21. The van der Waals surface area contributed by atoms with Crippen LogP contribution in [0.1, 0.15) is 24.2 Å². The molecule has 0 fully saturated rings. The standard InChI is InChI=1S/C15H19N3O6/c1-4-23-15(22)17-11-7-5-10(6-8-11)13(20)24-9(2)12(19)18-14(21)16-3/h5-9H,4H2,1-3H3,(H,17,22)(H2,16,18,19,21). The normalized spacial score (nSPS) is 11.0. The second kappa shape index (κ2) is 9.13. The summed E-state index contributed by atoms with van der Waals surface area (Å²) in [6.07, 6.45) is -1.75. The van der Waals surface area contributed by atoms with Crippen molar-refractivity contribution in [3.8, 4) is 0 Å². The molecule has 0 aromatic heterocycles. The highest BCUT2D eigenvalue weighted by Gasteiger charge is 2.20. The van der Waals surface area contributed by atoms with Crippen molar-refractivity contribution in [1.29, 1.82) is 0 Å². The van der Waals surface area contributed by atoms with E-state index in [4.69, 9.17) is 9.47 Å². The van der Waals surface area contributed by atoms with E-state index >= 15 is 0 Å². The SMILES string of the molecule is CCOC(=O)Nc1ccc(C(=O)OC(C)C(=O)NC(=O)NC)cc1. The smallest absolute Gasteiger partial charge is 0.411 e. The molecule has 0 saturated carbocycles. The van der Waals surface area contributed by atoms with E-state index in [1.807, 2.05) is 5.32 Å². The second-order valence-corrected chi connectivity index (χ2v) is 4.54. The predicted molar refractivity (Wildman–Crippen MR) is 84.6 cm³/mol. The first-order valence-electron chi connectivity index (χ1n) is 7.14. The number of esters is 1. The van der Waals surface area contributed by atoms with Crippen LogP contribution < -0.4 is 16.0 Å². The number of amides is 4. The van der Waals surface area contributed by atoms with Crippen LogP contribution in [0.2, 0.25) is 0 Å². The van der Waals surface area contributed by atoms with Crippen molar-refractivity contribution in [2.45, 2.75) is 20.0 Å². The molecule has 4 amide bonds. The van der Waals surface area contributed by atoms with Gasteiger partial charge in [0.1, 0.15) is 0 Å². The molecule has 24 heavy (non-hydrogen) atoms. The number of carbonyl (C=O) groups excluding carboxylic acids is 4. The quantitative estimate of drug-likeness (QED) is 0.695. The van der Waals surface area contributed by atoms with Crippen LogP contribution in [0.5, 0.6) is 0 Å². The summed E-state index contributed by atoms with van der Waals surface area (Å²) in [5.74, 6) is -1.49. The molecule has 3 N–H and O–H groups in total. The van der Waals surface area contributed by atoms with E-state index < -0.39 is 30.1 Å². The number of rotatable bonds is 5. The highest BCUT2D eigenvalue weighted by Crippen LogP contribution is 2.11. The van der Waals surface area contributed by atoms with E-state index in [9.17, 15) is 19.2 Å². The Morgan fingerprint density at radius 2 is 1.75 bits per heavy atom. The summed E-state index contributed by atoms with van der Waals surface area (Å²) in [5.41, 5.74) is 0.624. The molecule has 0 spiro atoms. The Labute approximate surface area is 138 Å². The molecule has 130 valence electrons. The number of carbonyl (C=O) groups is 4. The number of urea groups is 1. The van der Waals surface area contributed by atoms with Gasteiger partial charge >= 0.3 is 18.1 Å². The molecule has 0 radical (unpaired) electrons. The van der Waals surface area contributed by atoms with E-state index in [0.29, 0.717) is 5.69 Å². The molecule has 1 atom stereocenters. The summed E-state index contributed by atoms with van der Waals surface area (Å²) in [5, 5.41) is 6.69. The Hall–Kier alpha value is -3.10. The van der Waals surface area contributed by atoms with Crippen molar-refractivity contribution in [3.05, 3.63) is 29.8 Å². The zero-order valence-electron chi connectivity index (χ0n) is 13.5. The van der Waals surface area contributed by atoms with Gasteiger partial charge in [-0.2, -0.15) is 0 Å². The molecule has 0 heterocycles. The fraction of sp³-hybridized carbons (Fsp3) is 0.333. The number of benzene rings is 1. The molecule has 9 nitrogen and oxygen atoms in total. The molecule has 0 aliphatic carbocycles. The first-order valence-corrected chi connectivity index (χ1v) is 7.14. The van der Waals surface area contributed by atoms with Gasteiger partial charge in [0.2, 0.25) is 0 Å². The summed E-state index contributed by atoms with van der Waals surface area (Å²) in [4.78, 5) is 45.8. The lowest BCUT2D eigenvalue weighted by molar-refractivity contribution is -0.127. The van der Waals surface area contributed by atoms with Crippen molar-refractivity contribution in [3.63, 3.8) is 0 Å². The first-order chi connectivity index (χ1) is 11.4. The molecule has 0 bridgehead atoms. The average molecular weight is 337 g/mol. The van der Waals surface area contributed by atoms with Crippen LogP contribution in [0, 0.1) is 0 Å². The number of ether oxygens (including phenoxy) is 2. The third-order valence-electron chi connectivity index (χ3n) is 2.76. The number of anilines is 1. The zero-order valence-corrected chi connectivity index (χ0v) is 13.5. The summed E-state index contributed by atoms with van der Waals surface area (Å²) in [6.45, 7) is 3.26. The van der Waals surface area contributed by atoms with Gasteiger partial charge in [-0.1, -0.05) is 0 Å². The van der Waals surface area contributed by atoms with Crippen molar-refractivity contribution in [2.24, 2.45) is 0 Å². The maximum Gasteiger partial charge on any atom is 0.411 e. The lowest BCUT2D eigenvalue weighted by Gasteiger charge is -2.13. The lowest BCUT2D eigenvalue weighted by Crippen LogP contribution is -2.43. The lowest BCUT2D eigenvalue weighted by atomic mass is 10.2. The Balaban J connectivity index is 2.60. The van der Waals surface area contributed by atoms with E-state index in [-0.39, 0.29) is 12.2 Å². The molecular formula is C15H19N3O6. The number of hydrogen-bond donors (Lipinski definition) is 3. The molecular weight excluding hydrogens is 318 g/mol. The van der Waals surface area contributed by atoms with Crippen LogP contribution >= 0.6 is 0 Å². The average Bonchev–Trinajstić information content (AvgIpc) is 2.55. The molecule has 1 aromatic rings. The van der Waals surface area contributed by atoms with Crippen LogP contribution in [0.3, 0.4) is 0 Å². The van der Waals surface area contributed by atoms with E-state index in [2.05, 4.69) is 10.6 Å². The minimum absolute atomic E-state index is 0.184. The third kappa shape index (κ3) is 5.95. The summed E-state index contributed by atoms with van der Waals surface area (Å²) >= 11 is 0. The van der Waals surface area contributed by atoms with Crippen LogP contribution in [-0.2, 0) is 14.3 Å². The zero-order chi connectivity index (χ0) is 18.1. The Morgan fingerprint density at radius 3 is 2.29 bits per heavy atom. The molecule has 0 aliphatic heterocycles. The number of hydrogen-bond acceptors (Lipinski definition) is 6. The summed E-state index contributed by atoms with van der Waals surface area (Å²) < 4.78 is 9.68. The van der Waals surface area contributed by atoms with Gasteiger partial charge in [0.15, 0.2) is 6.10 Å². The van der Waals surface area contributed by atoms with Crippen LogP contribution in [0.4, 0.5) is 15.3 Å². The third-order valence-corrected chi connectivity index (χ3v) is 2.76. The highest BCUT2D eigenvalue weighted by molar-refractivity contribution is 5.98. The van der Waals surface area contributed by atoms with Gasteiger partial charge in [-0.3, -0.25) is 15.4 Å². The van der Waals surface area contributed by atoms with E-state index in [0.717, 1.165) is 0 Å². The molecule has 0 saturated heterocycles. The van der Waals surface area contributed by atoms with Crippen molar-refractivity contribution >= 4 is 29.7 Å². The van der Waals surface area contributed by atoms with Gasteiger partial charge < -0.3 is 14.8 Å². The van der Waals surface area contributed by atoms with Crippen LogP contribution in [-0.4, -0.2) is 43.8 Å². The fourth-order valence-electron chi connectivity index (χ4n) is 1.53. The fourth-order valence-corrected chi connectivity index (χ4v) is 1.53. The minimum Gasteiger partial charge on any atom is -0.450 e. The Morgan fingerprint density at radius 1 is 1.12 bits per heavy atom. The molecule has 1 aromatic carbocycles. The van der Waals surface area contributed by atoms with E-state index in [1.54, 1.807) is 6.92 Å². The van der Waals surface area contributed by atoms with Crippen LogP contribution in [0.15, 0.2) is 24.3 Å². The van der Waals surface area contributed by atoms with Gasteiger partial charge in [0, 0.05) is 12.7 Å². The molecule has 0 aliphatic rings. The summed E-state index contributed by atoms with van der Waals surface area (Å²) in [7, 11) is 1.35. The molecule has 1 unspecified atom stereocenters. The predicted octanol–water partition coefficient (Wildman–Crippen LogP) is 1.26. The summed E-state index contributed by atoms with van der Waals surface area (Å²) in [6, 6.07) is 5.13. The highest BCUT2D eigenvalue weighted by atomic mass is 16.6. The first kappa shape index (κ1) is 18.9. The van der Waals surface area contributed by atoms with Gasteiger partial charge in [0.25, 0.3) is 5.91 Å². The Bertz CT molecular complexity index is 614. The van der Waals surface area contributed by atoms with Crippen LogP contribution in [0.25, 0.3) is 0 Å². The van der Waals surface area contributed by atoms with Gasteiger partial charge in [-0.15, -0.1) is 0 Å². The monoisotopic (exact) mass is 337 g/mol. The minimum atomic E-state index is -1.15. The van der Waals surface area contributed by atoms with Gasteiger partial charge in [-0.05, 0) is 38.1 Å². The second-order valence-electron chi connectivity index (χ2n) is 4.54. The van der Waals surface area contributed by atoms with Gasteiger partial charge in [-0.25, -0.2) is 14.4 Å². The molecule has 9 heteroatoms. The number of imide groups is 1. The molecule has 1 rings (SSSR count). The van der Waals surface area contributed by atoms with Gasteiger partial charge in [0.05, 0.1) is 12.2 Å². The van der Waals surface area contributed by atoms with E-state index in [1.165, 1.54) is 38.2 Å². The maximum atomic E-state index is 11.9. The van der Waals surface area contributed by atoms with Crippen molar-refractivity contribution in [1.82, 2.24) is 10.6 Å².